The fraction of sp³-hybridized carbons (Fsp3) is 0.394. The maximum atomic E-state index is 13.2. The zero-order valence-corrected chi connectivity index (χ0v) is 23.8. The van der Waals surface area contributed by atoms with E-state index in [9.17, 15) is 9.59 Å². The minimum atomic E-state index is -0.255. The number of aryl methyl sites for hydroxylation is 1. The lowest BCUT2D eigenvalue weighted by molar-refractivity contribution is -0.143. The molecular formula is C33H41NO5. The minimum absolute atomic E-state index is 0.101. The molecular weight excluding hydrogens is 490 g/mol. The maximum absolute atomic E-state index is 13.2. The number of para-hydroxylation sites is 1. The summed E-state index contributed by atoms with van der Waals surface area (Å²) in [6, 6.07) is 21.5. The van der Waals surface area contributed by atoms with E-state index in [1.54, 1.807) is 25.1 Å². The lowest BCUT2D eigenvalue weighted by atomic mass is 10.0. The summed E-state index contributed by atoms with van der Waals surface area (Å²) in [5, 5.41) is 3.03. The highest BCUT2D eigenvalue weighted by Crippen LogP contribution is 2.28. The third-order valence-corrected chi connectivity index (χ3v) is 6.33. The lowest BCUT2D eigenvalue weighted by Crippen LogP contribution is -2.15. The van der Waals surface area contributed by atoms with Crippen molar-refractivity contribution in [1.29, 1.82) is 0 Å². The van der Waals surface area contributed by atoms with Crippen molar-refractivity contribution in [2.24, 2.45) is 5.92 Å². The summed E-state index contributed by atoms with van der Waals surface area (Å²) in [5.74, 6) is 1.36. The highest BCUT2D eigenvalue weighted by molar-refractivity contribution is 6.06. The zero-order chi connectivity index (χ0) is 28.2. The van der Waals surface area contributed by atoms with Gasteiger partial charge in [-0.1, -0.05) is 57.2 Å². The number of esters is 1. The van der Waals surface area contributed by atoms with E-state index >= 15 is 0 Å². The van der Waals surface area contributed by atoms with Crippen LogP contribution in [-0.2, 0) is 22.4 Å². The van der Waals surface area contributed by atoms with Crippen molar-refractivity contribution in [2.45, 2.75) is 66.4 Å². The number of ether oxygens (including phenoxy) is 3. The summed E-state index contributed by atoms with van der Waals surface area (Å²) in [6.07, 6.45) is 2.48. The molecule has 208 valence electrons. The van der Waals surface area contributed by atoms with Gasteiger partial charge in [0.25, 0.3) is 5.91 Å². The molecule has 0 radical (unpaired) electrons. The van der Waals surface area contributed by atoms with Crippen LogP contribution < -0.4 is 14.8 Å². The van der Waals surface area contributed by atoms with Gasteiger partial charge >= 0.3 is 5.97 Å². The number of carbonyl (C=O) groups excluding carboxylic acids is 2. The molecule has 0 aromatic heterocycles. The predicted octanol–water partition coefficient (Wildman–Crippen LogP) is 7.56. The molecule has 1 atom stereocenters. The third kappa shape index (κ3) is 9.17. The molecule has 0 heterocycles. The summed E-state index contributed by atoms with van der Waals surface area (Å²) in [4.78, 5) is 24.7. The average molecular weight is 532 g/mol. The normalized spacial score (nSPS) is 11.6. The molecule has 0 saturated heterocycles. The van der Waals surface area contributed by atoms with E-state index in [2.05, 4.69) is 43.4 Å². The Kier molecular flexibility index (Phi) is 11.4. The molecule has 1 unspecified atom stereocenters. The average Bonchev–Trinajstić information content (AvgIpc) is 2.92. The van der Waals surface area contributed by atoms with Crippen LogP contribution in [0.4, 0.5) is 5.69 Å². The van der Waals surface area contributed by atoms with Gasteiger partial charge in [0.05, 0.1) is 18.8 Å². The third-order valence-electron chi connectivity index (χ3n) is 6.33. The molecule has 1 amide bonds. The Balaban J connectivity index is 1.63. The standard InChI is InChI=1S/C33H41NO5/c1-6-26-22-28(39-24(5)27-16-14-25(15-17-27)21-23(3)4)18-19-30(26)34-33(36)29-11-8-9-12-31(29)38-20-10-13-32(35)37-7-2/h8-9,11-12,14-19,22-24H,6-7,10,13,20-21H2,1-5H3,(H,34,36). The Labute approximate surface area is 232 Å². The Hall–Kier alpha value is -3.80. The van der Waals surface area contributed by atoms with E-state index in [-0.39, 0.29) is 24.4 Å². The molecule has 0 aliphatic heterocycles. The first-order valence-electron chi connectivity index (χ1n) is 13.9. The van der Waals surface area contributed by atoms with Gasteiger partial charge in [-0.2, -0.15) is 0 Å². The Morgan fingerprint density at radius 1 is 0.923 bits per heavy atom. The first-order valence-corrected chi connectivity index (χ1v) is 13.9. The van der Waals surface area contributed by atoms with Gasteiger partial charge in [0.1, 0.15) is 17.6 Å². The highest BCUT2D eigenvalue weighted by Gasteiger charge is 2.16. The molecule has 3 aromatic rings. The highest BCUT2D eigenvalue weighted by atomic mass is 16.5. The van der Waals surface area contributed by atoms with Crippen LogP contribution in [0.3, 0.4) is 0 Å². The molecule has 0 spiro atoms. The summed E-state index contributed by atoms with van der Waals surface area (Å²) in [6.45, 7) is 11.0. The number of anilines is 1. The van der Waals surface area contributed by atoms with Crippen molar-refractivity contribution in [2.75, 3.05) is 18.5 Å². The van der Waals surface area contributed by atoms with Gasteiger partial charge < -0.3 is 19.5 Å². The van der Waals surface area contributed by atoms with Gasteiger partial charge in [0.2, 0.25) is 0 Å². The van der Waals surface area contributed by atoms with Crippen LogP contribution in [0.5, 0.6) is 11.5 Å². The number of nitrogens with one attached hydrogen (secondary N) is 1. The second-order valence-electron chi connectivity index (χ2n) is 9.98. The second kappa shape index (κ2) is 15.0. The molecule has 39 heavy (non-hydrogen) atoms. The fourth-order valence-electron chi connectivity index (χ4n) is 4.33. The monoisotopic (exact) mass is 531 g/mol. The summed E-state index contributed by atoms with van der Waals surface area (Å²) < 4.78 is 17.0. The molecule has 0 aliphatic rings. The number of rotatable bonds is 14. The number of benzene rings is 3. The molecule has 0 bridgehead atoms. The first kappa shape index (κ1) is 29.8. The van der Waals surface area contributed by atoms with Crippen LogP contribution in [0.2, 0.25) is 0 Å². The number of amides is 1. The largest absolute Gasteiger partial charge is 0.493 e. The van der Waals surface area contributed by atoms with Gasteiger partial charge in [-0.25, -0.2) is 0 Å². The Morgan fingerprint density at radius 2 is 1.67 bits per heavy atom. The number of carbonyl (C=O) groups is 2. The number of hydrogen-bond acceptors (Lipinski definition) is 5. The molecule has 0 saturated carbocycles. The zero-order valence-electron chi connectivity index (χ0n) is 23.8. The first-order chi connectivity index (χ1) is 18.8. The second-order valence-corrected chi connectivity index (χ2v) is 9.98. The quantitative estimate of drug-likeness (QED) is 0.172. The van der Waals surface area contributed by atoms with Crippen molar-refractivity contribution >= 4 is 17.6 Å². The van der Waals surface area contributed by atoms with Gasteiger partial charge in [0.15, 0.2) is 0 Å². The predicted molar refractivity (Wildman–Crippen MR) is 156 cm³/mol. The van der Waals surface area contributed by atoms with Gasteiger partial charge in [0, 0.05) is 12.1 Å². The smallest absolute Gasteiger partial charge is 0.305 e. The van der Waals surface area contributed by atoms with E-state index < -0.39 is 0 Å². The van der Waals surface area contributed by atoms with E-state index in [0.717, 1.165) is 35.4 Å². The molecule has 0 fully saturated rings. The Morgan fingerprint density at radius 3 is 2.36 bits per heavy atom. The van der Waals surface area contributed by atoms with Gasteiger partial charge in [-0.05, 0) is 86.1 Å². The van der Waals surface area contributed by atoms with Crippen molar-refractivity contribution in [1.82, 2.24) is 0 Å². The molecule has 1 N–H and O–H groups in total. The molecule has 6 heteroatoms. The summed E-state index contributed by atoms with van der Waals surface area (Å²) in [7, 11) is 0. The lowest BCUT2D eigenvalue weighted by Gasteiger charge is -2.18. The summed E-state index contributed by atoms with van der Waals surface area (Å²) >= 11 is 0. The molecule has 3 aromatic carbocycles. The molecule has 0 aliphatic carbocycles. The van der Waals surface area contributed by atoms with E-state index in [1.165, 1.54) is 5.56 Å². The Bertz CT molecular complexity index is 1220. The van der Waals surface area contributed by atoms with E-state index in [0.29, 0.717) is 36.9 Å². The van der Waals surface area contributed by atoms with E-state index in [4.69, 9.17) is 14.2 Å². The van der Waals surface area contributed by atoms with Crippen LogP contribution in [0, 0.1) is 5.92 Å². The molecule has 6 nitrogen and oxygen atoms in total. The van der Waals surface area contributed by atoms with Gasteiger partial charge in [-0.15, -0.1) is 0 Å². The SMILES string of the molecule is CCOC(=O)CCCOc1ccccc1C(=O)Nc1ccc(OC(C)c2ccc(CC(C)C)cc2)cc1CC. The van der Waals surface area contributed by atoms with Crippen LogP contribution in [0.1, 0.15) is 80.6 Å². The van der Waals surface area contributed by atoms with Crippen LogP contribution in [0.25, 0.3) is 0 Å². The topological polar surface area (TPSA) is 73.9 Å². The van der Waals surface area contributed by atoms with Crippen LogP contribution in [0.15, 0.2) is 66.7 Å². The molecule has 3 rings (SSSR count). The van der Waals surface area contributed by atoms with Gasteiger partial charge in [-0.3, -0.25) is 9.59 Å². The minimum Gasteiger partial charge on any atom is -0.493 e. The van der Waals surface area contributed by atoms with Crippen molar-refractivity contribution < 1.29 is 23.8 Å². The van der Waals surface area contributed by atoms with Crippen LogP contribution >= 0.6 is 0 Å². The summed E-state index contributed by atoms with van der Waals surface area (Å²) in [5.41, 5.74) is 4.60. The number of hydrogen-bond donors (Lipinski definition) is 1. The van der Waals surface area contributed by atoms with Crippen molar-refractivity contribution in [3.05, 3.63) is 89.0 Å². The maximum Gasteiger partial charge on any atom is 0.305 e. The fourth-order valence-corrected chi connectivity index (χ4v) is 4.33. The van der Waals surface area contributed by atoms with Crippen LogP contribution in [-0.4, -0.2) is 25.1 Å². The van der Waals surface area contributed by atoms with Crippen molar-refractivity contribution in [3.8, 4) is 11.5 Å². The van der Waals surface area contributed by atoms with E-state index in [1.807, 2.05) is 38.1 Å². The van der Waals surface area contributed by atoms with Crippen molar-refractivity contribution in [3.63, 3.8) is 0 Å².